The number of ether oxygens (including phenoxy) is 1. The predicted molar refractivity (Wildman–Crippen MR) is 158 cm³/mol. The Kier molecular flexibility index (Phi) is 8.55. The molecule has 38 heavy (non-hydrogen) atoms. The van der Waals surface area contributed by atoms with E-state index in [2.05, 4.69) is 59.3 Å². The number of nitrogen functional groups attached to an aromatic ring is 1. The molecule has 0 aromatic carbocycles. The number of fused-ring (bicyclic) bond motifs is 1. The molecule has 0 radical (unpaired) electrons. The lowest BCUT2D eigenvalue weighted by atomic mass is 9.77. The molecular formula is C25H42N3O6PS2Si. The second kappa shape index (κ2) is 10.7. The molecule has 3 fully saturated rings. The topological polar surface area (TPSA) is 118 Å². The molecule has 2 aliphatic heterocycles. The van der Waals surface area contributed by atoms with Gasteiger partial charge in [-0.3, -0.25) is 4.57 Å². The number of hydrogen-bond acceptors (Lipinski definition) is 10. The van der Waals surface area contributed by atoms with E-state index in [1.165, 1.54) is 22.4 Å². The first kappa shape index (κ1) is 30.4. The minimum absolute atomic E-state index is 0.00956. The Morgan fingerprint density at radius 1 is 1.47 bits per heavy atom. The van der Waals surface area contributed by atoms with Gasteiger partial charge in [0.15, 0.2) is 14.5 Å². The van der Waals surface area contributed by atoms with Crippen LogP contribution in [0.15, 0.2) is 29.2 Å². The summed E-state index contributed by atoms with van der Waals surface area (Å²) in [5.74, 6) is 0.531. The number of aliphatic hydroxyl groups is 1. The molecule has 0 amide bonds. The molecule has 3 N–H and O–H groups in total. The van der Waals surface area contributed by atoms with Gasteiger partial charge in [0.2, 0.25) is 5.69 Å². The zero-order chi connectivity index (χ0) is 28.3. The van der Waals surface area contributed by atoms with Crippen LogP contribution in [0, 0.1) is 5.92 Å². The van der Waals surface area contributed by atoms with Gasteiger partial charge in [-0.05, 0) is 75.0 Å². The number of rotatable bonds is 7. The van der Waals surface area contributed by atoms with Crippen molar-refractivity contribution in [1.29, 1.82) is 0 Å². The van der Waals surface area contributed by atoms with Crippen LogP contribution < -0.4 is 11.4 Å². The van der Waals surface area contributed by atoms with E-state index in [1.807, 2.05) is 0 Å². The second-order valence-electron chi connectivity index (χ2n) is 12.5. The molecular weight excluding hydrogens is 561 g/mol. The second-order valence-corrected chi connectivity index (χ2v) is 23.9. The number of aromatic nitrogens is 2. The van der Waals surface area contributed by atoms with Gasteiger partial charge in [-0.2, -0.15) is 4.98 Å². The van der Waals surface area contributed by atoms with E-state index in [9.17, 15) is 9.90 Å². The molecule has 0 bridgehead atoms. The van der Waals surface area contributed by atoms with Crippen LogP contribution in [0.5, 0.6) is 0 Å². The molecule has 1 aliphatic carbocycles. The van der Waals surface area contributed by atoms with Gasteiger partial charge in [-0.1, -0.05) is 44.3 Å². The van der Waals surface area contributed by atoms with Gasteiger partial charge in [0.05, 0.1) is 12.7 Å². The van der Waals surface area contributed by atoms with Crippen molar-refractivity contribution >= 4 is 43.0 Å². The quantitative estimate of drug-likeness (QED) is 0.251. The van der Waals surface area contributed by atoms with Crippen molar-refractivity contribution in [3.05, 3.63) is 34.9 Å². The molecule has 1 saturated carbocycles. The number of nitrogens with zero attached hydrogens (tertiary/aromatic N) is 2. The molecule has 9 nitrogen and oxygen atoms in total. The number of anilines is 1. The summed E-state index contributed by atoms with van der Waals surface area (Å²) in [5.41, 5.74) is 3.57. The van der Waals surface area contributed by atoms with E-state index in [-0.39, 0.29) is 28.3 Å². The summed E-state index contributed by atoms with van der Waals surface area (Å²) >= 11 is 7.60. The van der Waals surface area contributed by atoms with E-state index in [0.717, 1.165) is 19.3 Å². The van der Waals surface area contributed by atoms with Crippen molar-refractivity contribution in [2.24, 2.45) is 5.92 Å². The highest BCUT2D eigenvalue weighted by atomic mass is 32.9. The zero-order valence-corrected chi connectivity index (χ0v) is 26.9. The summed E-state index contributed by atoms with van der Waals surface area (Å²) in [5, 5.41) is 11.3. The smallest absolute Gasteiger partial charge is 0.351 e. The van der Waals surface area contributed by atoms with Gasteiger partial charge in [0, 0.05) is 10.9 Å². The van der Waals surface area contributed by atoms with E-state index in [1.54, 1.807) is 11.4 Å². The van der Waals surface area contributed by atoms with E-state index in [0.29, 0.717) is 5.92 Å². The third kappa shape index (κ3) is 6.04. The Morgan fingerprint density at radius 2 is 2.16 bits per heavy atom. The van der Waals surface area contributed by atoms with Crippen LogP contribution in [0.2, 0.25) is 18.1 Å². The zero-order valence-electron chi connectivity index (χ0n) is 23.4. The minimum atomic E-state index is -2.67. The van der Waals surface area contributed by atoms with Crippen LogP contribution in [0.25, 0.3) is 0 Å². The van der Waals surface area contributed by atoms with Gasteiger partial charge < -0.3 is 29.1 Å². The Hall–Kier alpha value is -0.563. The largest absolute Gasteiger partial charge is 0.408 e. The Labute approximate surface area is 235 Å². The SMILES string of the molecule is C=C(C)[C@H]1CC[C@@]2(C)S[P@](=S)(OC[C@H]3O[C@@H](n4ccc(N)nc4=O)[C@H](O)[C@@H]3O[Si](C)(C)C(C)(C)C)O[C@@H]2C1. The molecule has 0 spiro atoms. The fourth-order valence-electron chi connectivity index (χ4n) is 4.97. The molecule has 2 saturated heterocycles. The Balaban J connectivity index is 1.55. The lowest BCUT2D eigenvalue weighted by Gasteiger charge is -2.40. The third-order valence-electron chi connectivity index (χ3n) is 8.51. The molecule has 0 unspecified atom stereocenters. The van der Waals surface area contributed by atoms with Crippen LogP contribution in [0.4, 0.5) is 5.82 Å². The molecule has 3 heterocycles. The maximum Gasteiger partial charge on any atom is 0.351 e. The molecule has 3 aliphatic rings. The first-order valence-electron chi connectivity index (χ1n) is 13.1. The maximum absolute atomic E-state index is 12.6. The molecule has 8 atom stereocenters. The average Bonchev–Trinajstić information content (AvgIpc) is 3.23. The van der Waals surface area contributed by atoms with E-state index >= 15 is 0 Å². The first-order chi connectivity index (χ1) is 17.4. The summed E-state index contributed by atoms with van der Waals surface area (Å²) in [6.45, 7) is 19.1. The predicted octanol–water partition coefficient (Wildman–Crippen LogP) is 4.98. The van der Waals surface area contributed by atoms with Crippen molar-refractivity contribution in [1.82, 2.24) is 9.55 Å². The van der Waals surface area contributed by atoms with Gasteiger partial charge in [-0.15, -0.1) is 0 Å². The molecule has 4 rings (SSSR count). The maximum atomic E-state index is 12.6. The van der Waals surface area contributed by atoms with Gasteiger partial charge in [0.25, 0.3) is 0 Å². The monoisotopic (exact) mass is 603 g/mol. The summed E-state index contributed by atoms with van der Waals surface area (Å²) < 4.78 is 26.9. The van der Waals surface area contributed by atoms with Gasteiger partial charge in [-0.25, -0.2) is 4.79 Å². The van der Waals surface area contributed by atoms with E-state index in [4.69, 9.17) is 35.8 Å². The number of allylic oxidation sites excluding steroid dienone is 1. The van der Waals surface area contributed by atoms with Crippen LogP contribution in [0.1, 0.15) is 60.1 Å². The molecule has 1 aromatic heterocycles. The third-order valence-corrected chi connectivity index (χ3v) is 18.8. The molecule has 214 valence electrons. The summed E-state index contributed by atoms with van der Waals surface area (Å²) in [4.78, 5) is 16.4. The van der Waals surface area contributed by atoms with Crippen LogP contribution in [-0.4, -0.2) is 58.7 Å². The highest BCUT2D eigenvalue weighted by Crippen LogP contribution is 2.75. The van der Waals surface area contributed by atoms with Crippen molar-refractivity contribution < 1.29 is 23.3 Å². The summed E-state index contributed by atoms with van der Waals surface area (Å²) in [7, 11) is -2.32. The van der Waals surface area contributed by atoms with E-state index < -0.39 is 44.2 Å². The van der Waals surface area contributed by atoms with Crippen molar-refractivity contribution in [3.63, 3.8) is 0 Å². The summed E-state index contributed by atoms with van der Waals surface area (Å²) in [6.07, 6.45) is 0.961. The lowest BCUT2D eigenvalue weighted by molar-refractivity contribution is -0.0516. The fourth-order valence-corrected chi connectivity index (χ4v) is 13.4. The van der Waals surface area contributed by atoms with Crippen LogP contribution in [-0.2, 0) is 30.0 Å². The first-order valence-corrected chi connectivity index (χ1v) is 20.1. The number of hydrogen-bond donors (Lipinski definition) is 2. The average molecular weight is 604 g/mol. The summed E-state index contributed by atoms with van der Waals surface area (Å²) in [6, 6.07) is 1.50. The fraction of sp³-hybridized carbons (Fsp3) is 0.760. The van der Waals surface area contributed by atoms with Crippen molar-refractivity contribution in [3.8, 4) is 0 Å². The van der Waals surface area contributed by atoms with Crippen LogP contribution in [0.3, 0.4) is 0 Å². The standard InChI is InChI=1S/C25H42N3O6PS2Si/c1-15(2)16-9-11-25(6)18(13-16)33-35(36,37-25)31-14-17-21(34-38(7,8)24(3,4)5)20(29)22(32-17)28-12-10-19(26)27-23(28)30/h10,12,16-18,20-22,29H,1,9,11,13-14H2,2-8H3,(H2,26,27,30)/t16-,17+,18+,20+,21+,22+,25+,35+/m0/s1. The van der Waals surface area contributed by atoms with Gasteiger partial charge in [0.1, 0.15) is 24.1 Å². The molecule has 1 aromatic rings. The van der Waals surface area contributed by atoms with Gasteiger partial charge >= 0.3 is 5.69 Å². The Bertz CT molecular complexity index is 1180. The lowest BCUT2D eigenvalue weighted by Crippen LogP contribution is -2.50. The minimum Gasteiger partial charge on any atom is -0.408 e. The van der Waals surface area contributed by atoms with Crippen LogP contribution >= 0.6 is 17.1 Å². The molecule has 13 heteroatoms. The number of nitrogens with two attached hydrogens (primary N) is 1. The van der Waals surface area contributed by atoms with Crippen molar-refractivity contribution in [2.75, 3.05) is 12.3 Å². The Morgan fingerprint density at radius 3 is 2.76 bits per heavy atom. The highest BCUT2D eigenvalue weighted by molar-refractivity contribution is 8.68. The highest BCUT2D eigenvalue weighted by Gasteiger charge is 2.55. The normalized spacial score (nSPS) is 37.8. The van der Waals surface area contributed by atoms with Crippen molar-refractivity contribution in [2.45, 2.75) is 107 Å². The number of aliphatic hydroxyl groups excluding tert-OH is 1.